The van der Waals surface area contributed by atoms with Crippen molar-refractivity contribution in [2.45, 2.75) is 192 Å². The molecule has 0 aliphatic heterocycles. The van der Waals surface area contributed by atoms with E-state index in [9.17, 15) is 0 Å². The standard InChI is InChI=1S/C79H102O10Si/c1-17-38-80-70-35-36-71(81-39-18-2)61(49-70)27-28-62-50-73(83-41-20-4)63(51-72(62)82-40-19-3)29-30-64-52-75(85-43-22-6)65(53-74(64)84-42-21-5)31-32-66-54-77(87-45-24-8)67(55-76(66)86-44-23-7)33-34-68-56-79(89-47-26-10)69(57-78(68)88-46-25-9)37-48-90(58(11)12,59(13)14)60(15)16/h35-36,49-60H,17-26,38-47H2,1-16H3. The normalized spacial score (nSPS) is 10.7. The average molecular weight is 1240 g/mol. The van der Waals surface area contributed by atoms with Crippen LogP contribution in [0.15, 0.2) is 66.7 Å². The summed E-state index contributed by atoms with van der Waals surface area (Å²) in [5, 5.41) is 0. The molecule has 10 nitrogen and oxygen atoms in total. The van der Waals surface area contributed by atoms with Crippen molar-refractivity contribution in [2.24, 2.45) is 0 Å². The quantitative estimate of drug-likeness (QED) is 0.0299. The molecule has 0 aromatic heterocycles. The first-order chi connectivity index (χ1) is 43.7. The second kappa shape index (κ2) is 39.3. The summed E-state index contributed by atoms with van der Waals surface area (Å²) in [7, 11) is -2.05. The van der Waals surface area contributed by atoms with E-state index in [0.717, 1.165) is 81.1 Å². The molecule has 0 amide bonds. The van der Waals surface area contributed by atoms with Crippen molar-refractivity contribution in [1.82, 2.24) is 0 Å². The van der Waals surface area contributed by atoms with E-state index in [4.69, 9.17) is 47.4 Å². The van der Waals surface area contributed by atoms with Crippen LogP contribution in [0.5, 0.6) is 57.5 Å². The molecule has 0 unspecified atom stereocenters. The van der Waals surface area contributed by atoms with Gasteiger partial charge in [0.05, 0.1) is 116 Å². The van der Waals surface area contributed by atoms with Gasteiger partial charge in [0.1, 0.15) is 65.6 Å². The fourth-order valence-corrected chi connectivity index (χ4v) is 15.3. The number of ether oxygens (including phenoxy) is 10. The van der Waals surface area contributed by atoms with Crippen LogP contribution in [-0.4, -0.2) is 74.1 Å². The first-order valence-electron chi connectivity index (χ1n) is 33.4. The molecule has 5 rings (SSSR count). The summed E-state index contributed by atoms with van der Waals surface area (Å²) >= 11 is 0. The SMILES string of the molecule is CCCOc1ccc(OCCC)c(C#Cc2cc(OCCC)c(C#Cc3cc(OCCC)c(C#Cc4cc(OCCC)c(C#Cc5cc(OCCC)c(C#C[Si](C(C)C)(C(C)C)C(C)C)cc5OCCC)cc4OCCC)cc3OCCC)cc2OCCC)c1. The molecule has 0 spiro atoms. The molecule has 0 aliphatic carbocycles. The maximum atomic E-state index is 6.50. The molecule has 0 fully saturated rings. The van der Waals surface area contributed by atoms with Crippen molar-refractivity contribution in [1.29, 1.82) is 0 Å². The molecule has 0 radical (unpaired) electrons. The van der Waals surface area contributed by atoms with Crippen LogP contribution in [0.25, 0.3) is 0 Å². The van der Waals surface area contributed by atoms with Crippen LogP contribution in [0.3, 0.4) is 0 Å². The first-order valence-corrected chi connectivity index (χ1v) is 35.7. The highest BCUT2D eigenvalue weighted by Crippen LogP contribution is 2.42. The topological polar surface area (TPSA) is 92.3 Å². The van der Waals surface area contributed by atoms with Gasteiger partial charge in [0, 0.05) is 48.5 Å². The van der Waals surface area contributed by atoms with Gasteiger partial charge in [-0.05, 0) is 99.0 Å². The molecule has 0 bridgehead atoms. The van der Waals surface area contributed by atoms with Crippen LogP contribution in [0.1, 0.15) is 225 Å². The zero-order chi connectivity index (χ0) is 65.3. The van der Waals surface area contributed by atoms with Gasteiger partial charge in [0.25, 0.3) is 0 Å². The molecule has 0 heterocycles. The van der Waals surface area contributed by atoms with Crippen LogP contribution < -0.4 is 47.4 Å². The lowest BCUT2D eigenvalue weighted by molar-refractivity contribution is 0.307. The highest BCUT2D eigenvalue weighted by molar-refractivity contribution is 6.90. The van der Waals surface area contributed by atoms with E-state index in [1.807, 2.05) is 66.7 Å². The Morgan fingerprint density at radius 2 is 0.433 bits per heavy atom. The van der Waals surface area contributed by atoms with Crippen LogP contribution in [-0.2, 0) is 0 Å². The Labute approximate surface area is 543 Å². The van der Waals surface area contributed by atoms with Crippen LogP contribution in [0.4, 0.5) is 0 Å². The lowest BCUT2D eigenvalue weighted by atomic mass is 10.0. The predicted molar refractivity (Wildman–Crippen MR) is 372 cm³/mol. The van der Waals surface area contributed by atoms with Gasteiger partial charge < -0.3 is 47.4 Å². The third-order valence-electron chi connectivity index (χ3n) is 14.5. The third kappa shape index (κ3) is 21.4. The van der Waals surface area contributed by atoms with Gasteiger partial charge >= 0.3 is 0 Å². The summed E-state index contributed by atoms with van der Waals surface area (Å²) in [4.78, 5) is 0. The average Bonchev–Trinajstić information content (AvgIpc) is 2.98. The molecule has 0 saturated heterocycles. The van der Waals surface area contributed by atoms with E-state index in [1.165, 1.54) is 0 Å². The summed E-state index contributed by atoms with van der Waals surface area (Å²) in [6.07, 6.45) is 8.20. The molecular formula is C79H102O10Si. The number of hydrogen-bond donors (Lipinski definition) is 0. The highest BCUT2D eigenvalue weighted by atomic mass is 28.3. The summed E-state index contributed by atoms with van der Waals surface area (Å²) in [5.74, 6) is 37.5. The van der Waals surface area contributed by atoms with Crippen molar-refractivity contribution >= 4 is 8.07 Å². The second-order valence-electron chi connectivity index (χ2n) is 23.2. The number of benzene rings is 5. The molecule has 90 heavy (non-hydrogen) atoms. The summed E-state index contributed by atoms with van der Waals surface area (Å²) in [6.45, 7) is 40.0. The van der Waals surface area contributed by atoms with Gasteiger partial charge in [-0.15, -0.1) is 5.54 Å². The monoisotopic (exact) mass is 1240 g/mol. The van der Waals surface area contributed by atoms with Gasteiger partial charge in [-0.3, -0.25) is 0 Å². The first kappa shape index (κ1) is 72.9. The summed E-state index contributed by atoms with van der Waals surface area (Å²) in [5.41, 5.74) is 11.5. The largest absolute Gasteiger partial charge is 0.494 e. The fraction of sp³-hybridized carbons (Fsp3) is 0.494. The summed E-state index contributed by atoms with van der Waals surface area (Å²) in [6, 6.07) is 21.4. The van der Waals surface area contributed by atoms with E-state index in [1.54, 1.807) is 0 Å². The minimum Gasteiger partial charge on any atom is -0.494 e. The molecular weight excluding hydrogens is 1140 g/mol. The van der Waals surface area contributed by atoms with Crippen molar-refractivity contribution in [3.05, 3.63) is 117 Å². The number of hydrogen-bond acceptors (Lipinski definition) is 10. The van der Waals surface area contributed by atoms with Crippen LogP contribution in [0.2, 0.25) is 16.6 Å². The second-order valence-corrected chi connectivity index (χ2v) is 28.7. The lowest BCUT2D eigenvalue weighted by Gasteiger charge is -2.38. The third-order valence-corrected chi connectivity index (χ3v) is 20.8. The number of rotatable bonds is 33. The van der Waals surface area contributed by atoms with Gasteiger partial charge in [-0.2, -0.15) is 0 Å². The van der Waals surface area contributed by atoms with E-state index in [-0.39, 0.29) is 0 Å². The van der Waals surface area contributed by atoms with Crippen molar-refractivity contribution in [2.75, 3.05) is 66.1 Å². The van der Waals surface area contributed by atoms with Gasteiger partial charge in [0.15, 0.2) is 0 Å². The summed E-state index contributed by atoms with van der Waals surface area (Å²) < 4.78 is 63.8. The smallest absolute Gasteiger partial charge is 0.146 e. The Morgan fingerprint density at radius 3 is 0.644 bits per heavy atom. The Balaban J connectivity index is 1.68. The maximum absolute atomic E-state index is 6.50. The van der Waals surface area contributed by atoms with E-state index >= 15 is 0 Å². The van der Waals surface area contributed by atoms with Crippen molar-refractivity contribution < 1.29 is 47.4 Å². The van der Waals surface area contributed by atoms with Crippen molar-refractivity contribution in [3.63, 3.8) is 0 Å². The highest BCUT2D eigenvalue weighted by Gasteiger charge is 2.42. The molecule has 0 saturated carbocycles. The fourth-order valence-electron chi connectivity index (χ4n) is 10.1. The molecule has 0 aliphatic rings. The van der Waals surface area contributed by atoms with Gasteiger partial charge in [0.2, 0.25) is 0 Å². The molecule has 0 N–H and O–H groups in total. The Hall–Kier alpha value is -7.88. The minimum atomic E-state index is -2.05. The van der Waals surface area contributed by atoms with E-state index < -0.39 is 8.07 Å². The van der Waals surface area contributed by atoms with Crippen molar-refractivity contribution in [3.8, 4) is 116 Å². The van der Waals surface area contributed by atoms with E-state index in [2.05, 4.69) is 170 Å². The van der Waals surface area contributed by atoms with Crippen LogP contribution in [0, 0.1) is 58.8 Å². The van der Waals surface area contributed by atoms with Gasteiger partial charge in [-0.25, -0.2) is 0 Å². The lowest BCUT2D eigenvalue weighted by Crippen LogP contribution is -2.43. The minimum absolute atomic E-state index is 0.464. The predicted octanol–water partition coefficient (Wildman–Crippen LogP) is 18.7. The molecule has 11 heteroatoms. The molecule has 5 aromatic rings. The van der Waals surface area contributed by atoms with Crippen LogP contribution >= 0.6 is 0 Å². The molecule has 0 atom stereocenters. The van der Waals surface area contributed by atoms with Gasteiger partial charge in [-0.1, -0.05) is 164 Å². The Kier molecular flexibility index (Phi) is 31.8. The Bertz CT molecular complexity index is 3390. The zero-order valence-corrected chi connectivity index (χ0v) is 58.3. The maximum Gasteiger partial charge on any atom is 0.146 e. The molecule has 482 valence electrons. The zero-order valence-electron chi connectivity index (χ0n) is 57.3. The Morgan fingerprint density at radius 1 is 0.244 bits per heavy atom. The molecule has 5 aromatic carbocycles. The van der Waals surface area contributed by atoms with E-state index in [0.29, 0.717) is 173 Å².